The van der Waals surface area contributed by atoms with E-state index in [0.717, 1.165) is 12.1 Å². The zero-order valence-electron chi connectivity index (χ0n) is 24.9. The summed E-state index contributed by atoms with van der Waals surface area (Å²) in [5, 5.41) is 10.5. The van der Waals surface area contributed by atoms with Crippen LogP contribution in [-0.4, -0.2) is 81.2 Å². The predicted octanol–water partition coefficient (Wildman–Crippen LogP) is 4.77. The lowest BCUT2D eigenvalue weighted by Gasteiger charge is -2.37. The predicted molar refractivity (Wildman–Crippen MR) is 160 cm³/mol. The molecule has 1 aromatic carbocycles. The van der Waals surface area contributed by atoms with Crippen molar-refractivity contribution in [3.8, 4) is 17.0 Å². The molecule has 3 heterocycles. The molecule has 0 saturated carbocycles. The van der Waals surface area contributed by atoms with Gasteiger partial charge < -0.3 is 14.9 Å². The molecule has 10 nitrogen and oxygen atoms in total. The number of aromatic hydroxyl groups is 1. The number of amides is 2. The number of carbonyl (C=O) groups is 2. The van der Waals surface area contributed by atoms with Crippen molar-refractivity contribution >= 4 is 29.7 Å². The van der Waals surface area contributed by atoms with E-state index in [9.17, 15) is 19.1 Å². The third-order valence-corrected chi connectivity index (χ3v) is 7.25. The molecule has 226 valence electrons. The van der Waals surface area contributed by atoms with Crippen molar-refractivity contribution in [1.82, 2.24) is 24.8 Å². The number of amidine groups is 1. The number of aromatic nitrogens is 3. The number of rotatable bonds is 8. The van der Waals surface area contributed by atoms with Crippen LogP contribution in [0.15, 0.2) is 48.2 Å². The van der Waals surface area contributed by atoms with E-state index < -0.39 is 28.6 Å². The summed E-state index contributed by atoms with van der Waals surface area (Å²) in [4.78, 5) is 47.8. The van der Waals surface area contributed by atoms with Gasteiger partial charge in [-0.25, -0.2) is 23.7 Å². The Hall–Kier alpha value is -4.74. The zero-order valence-corrected chi connectivity index (χ0v) is 24.9. The lowest BCUT2D eigenvalue weighted by Crippen LogP contribution is -2.50. The molecule has 0 bridgehead atoms. The number of phenolic OH excluding ortho intramolecular Hbond substituents is 1. The highest BCUT2D eigenvalue weighted by atomic mass is 19.1. The van der Waals surface area contributed by atoms with Crippen LogP contribution in [0.4, 0.5) is 20.3 Å². The number of aliphatic imine (C=N–C) groups is 1. The molecular weight excluding hydrogens is 556 g/mol. The summed E-state index contributed by atoms with van der Waals surface area (Å²) < 4.78 is 30.9. The number of hydrogen-bond acceptors (Lipinski definition) is 7. The van der Waals surface area contributed by atoms with Gasteiger partial charge in [0.15, 0.2) is 11.6 Å². The van der Waals surface area contributed by atoms with Gasteiger partial charge in [0.1, 0.15) is 29.4 Å². The van der Waals surface area contributed by atoms with Gasteiger partial charge in [0, 0.05) is 33.2 Å². The lowest BCUT2D eigenvalue weighted by atomic mass is 10.00. The van der Waals surface area contributed by atoms with E-state index in [1.165, 1.54) is 36.5 Å². The Labute approximate surface area is 249 Å². The fraction of sp³-hybridized carbons (Fsp3) is 0.355. The van der Waals surface area contributed by atoms with Crippen LogP contribution in [0.1, 0.15) is 56.5 Å². The molecule has 3 aromatic rings. The fourth-order valence-corrected chi connectivity index (χ4v) is 5.16. The smallest absolute Gasteiger partial charge is 0.246 e. The van der Waals surface area contributed by atoms with Gasteiger partial charge in [-0.2, -0.15) is 0 Å². The number of pyridine rings is 1. The van der Waals surface area contributed by atoms with Crippen LogP contribution in [0, 0.1) is 11.6 Å². The minimum Gasteiger partial charge on any atom is -0.507 e. The number of anilines is 2. The first kappa shape index (κ1) is 31.2. The Morgan fingerprint density at radius 3 is 2.16 bits per heavy atom. The average molecular weight is 592 g/mol. The first-order valence-electron chi connectivity index (χ1n) is 13.9. The quantitative estimate of drug-likeness (QED) is 0.174. The van der Waals surface area contributed by atoms with Gasteiger partial charge >= 0.3 is 0 Å². The second kappa shape index (κ2) is 13.1. The van der Waals surface area contributed by atoms with Crippen molar-refractivity contribution in [3.05, 3.63) is 71.8 Å². The fourth-order valence-electron chi connectivity index (χ4n) is 5.16. The zero-order chi connectivity index (χ0) is 31.4. The summed E-state index contributed by atoms with van der Waals surface area (Å²) >= 11 is 0. The van der Waals surface area contributed by atoms with Crippen LogP contribution in [0.2, 0.25) is 0 Å². The molecule has 12 heteroatoms. The highest BCUT2D eigenvalue weighted by Gasteiger charge is 2.32. The maximum atomic E-state index is 15.9. The molecule has 1 saturated heterocycles. The summed E-state index contributed by atoms with van der Waals surface area (Å²) in [5.74, 6) is -2.51. The van der Waals surface area contributed by atoms with Gasteiger partial charge in [0.25, 0.3) is 0 Å². The van der Waals surface area contributed by atoms with Gasteiger partial charge in [-0.3, -0.25) is 19.5 Å². The Morgan fingerprint density at radius 2 is 1.65 bits per heavy atom. The van der Waals surface area contributed by atoms with E-state index in [1.54, 1.807) is 4.90 Å². The molecule has 1 fully saturated rings. The van der Waals surface area contributed by atoms with Crippen LogP contribution in [0.3, 0.4) is 0 Å². The highest BCUT2D eigenvalue weighted by Crippen LogP contribution is 2.40. The largest absolute Gasteiger partial charge is 0.507 e. The Balaban J connectivity index is 1.99. The van der Waals surface area contributed by atoms with Gasteiger partial charge in [-0.1, -0.05) is 40.3 Å². The number of phenols is 1. The summed E-state index contributed by atoms with van der Waals surface area (Å²) in [5.41, 5.74) is 0.732. The first-order chi connectivity index (χ1) is 20.5. The summed E-state index contributed by atoms with van der Waals surface area (Å²) in [6, 6.07) is 4.75. The molecule has 0 radical (unpaired) electrons. The Bertz CT molecular complexity index is 1520. The van der Waals surface area contributed by atoms with E-state index in [1.807, 2.05) is 32.6 Å². The molecule has 0 aliphatic carbocycles. The maximum absolute atomic E-state index is 15.9. The SMILES string of the molecule is C=CC(=O)N1CCN(C(=NC)c2cc(F)c(-c3c(O)cccc3F)nc2N(C=O)c2c(C(C)C)ncnc2C(C)C)CC1. The van der Waals surface area contributed by atoms with Crippen LogP contribution < -0.4 is 4.90 Å². The van der Waals surface area contributed by atoms with E-state index >= 15 is 4.39 Å². The molecule has 0 unspecified atom stereocenters. The van der Waals surface area contributed by atoms with Crippen molar-refractivity contribution in [1.29, 1.82) is 0 Å². The van der Waals surface area contributed by atoms with Gasteiger partial charge in [0.05, 0.1) is 28.2 Å². The van der Waals surface area contributed by atoms with Crippen molar-refractivity contribution < 1.29 is 23.5 Å². The van der Waals surface area contributed by atoms with E-state index in [4.69, 9.17) is 0 Å². The molecule has 2 amide bonds. The van der Waals surface area contributed by atoms with E-state index in [-0.39, 0.29) is 29.1 Å². The minimum absolute atomic E-state index is 0.0437. The van der Waals surface area contributed by atoms with E-state index in [2.05, 4.69) is 26.5 Å². The Kier molecular flexibility index (Phi) is 9.47. The number of carbonyl (C=O) groups excluding carboxylic acids is 2. The molecule has 1 aliphatic heterocycles. The summed E-state index contributed by atoms with van der Waals surface area (Å²) in [6.45, 7) is 12.7. The molecule has 0 spiro atoms. The summed E-state index contributed by atoms with van der Waals surface area (Å²) in [6.07, 6.45) is 3.22. The molecular formula is C31H35F2N7O3. The molecule has 1 N–H and O–H groups in total. The lowest BCUT2D eigenvalue weighted by molar-refractivity contribution is -0.127. The van der Waals surface area contributed by atoms with Crippen molar-refractivity contribution in [2.45, 2.75) is 39.5 Å². The number of hydrogen-bond donors (Lipinski definition) is 1. The van der Waals surface area contributed by atoms with Crippen LogP contribution in [-0.2, 0) is 9.59 Å². The second-order valence-electron chi connectivity index (χ2n) is 10.7. The third kappa shape index (κ3) is 6.08. The second-order valence-corrected chi connectivity index (χ2v) is 10.7. The number of piperazine rings is 1. The van der Waals surface area contributed by atoms with Gasteiger partial charge in [-0.15, -0.1) is 0 Å². The van der Waals surface area contributed by atoms with E-state index in [0.29, 0.717) is 55.5 Å². The molecule has 43 heavy (non-hydrogen) atoms. The summed E-state index contributed by atoms with van der Waals surface area (Å²) in [7, 11) is 1.53. The Morgan fingerprint density at radius 1 is 1.05 bits per heavy atom. The van der Waals surface area contributed by atoms with Crippen LogP contribution in [0.5, 0.6) is 5.75 Å². The highest BCUT2D eigenvalue weighted by molar-refractivity contribution is 6.06. The first-order valence-corrected chi connectivity index (χ1v) is 13.9. The van der Waals surface area contributed by atoms with Crippen molar-refractivity contribution in [3.63, 3.8) is 0 Å². The molecule has 2 aromatic heterocycles. The molecule has 4 rings (SSSR count). The maximum Gasteiger partial charge on any atom is 0.246 e. The average Bonchev–Trinajstić information content (AvgIpc) is 2.99. The standard InChI is InChI=1S/C31H35F2N7O3/c1-7-24(43)38-11-13-39(14-12-38)30(34-6)20-15-22(33)28(25-21(32)9-8-10-23(25)42)37-31(20)40(17-41)29-26(18(2)3)35-16-36-27(29)19(4)5/h7-10,15-19,42H,1,11-14H2,2-6H3. The number of benzene rings is 1. The minimum atomic E-state index is -0.927. The third-order valence-electron chi connectivity index (χ3n) is 7.25. The molecule has 1 aliphatic rings. The van der Waals surface area contributed by atoms with Gasteiger partial charge in [-0.05, 0) is 36.1 Å². The van der Waals surface area contributed by atoms with Gasteiger partial charge in [0.2, 0.25) is 12.3 Å². The number of nitrogens with zero attached hydrogens (tertiary/aromatic N) is 7. The normalized spacial score (nSPS) is 13.9. The monoisotopic (exact) mass is 591 g/mol. The topological polar surface area (TPSA) is 115 Å². The van der Waals surface area contributed by atoms with Crippen molar-refractivity contribution in [2.24, 2.45) is 4.99 Å². The van der Waals surface area contributed by atoms with Crippen molar-refractivity contribution in [2.75, 3.05) is 38.1 Å². The number of halogens is 2. The van der Waals surface area contributed by atoms with Crippen LogP contribution >= 0.6 is 0 Å². The van der Waals surface area contributed by atoms with Crippen LogP contribution in [0.25, 0.3) is 11.3 Å². The molecule has 0 atom stereocenters.